The average molecular weight is 275 g/mol. The van der Waals surface area contributed by atoms with Crippen LogP contribution in [0.1, 0.15) is 32.3 Å². The quantitative estimate of drug-likeness (QED) is 0.752. The van der Waals surface area contributed by atoms with Gasteiger partial charge in [0.25, 0.3) is 0 Å². The molecule has 0 aliphatic heterocycles. The van der Waals surface area contributed by atoms with Crippen molar-refractivity contribution >= 4 is 18.0 Å². The number of hydrogen-bond donors (Lipinski definition) is 2. The maximum Gasteiger partial charge on any atom is 0.311 e. The van der Waals surface area contributed by atoms with E-state index in [1.54, 1.807) is 6.08 Å². The van der Waals surface area contributed by atoms with Gasteiger partial charge in [0.05, 0.1) is 5.41 Å². The molecule has 0 bridgehead atoms. The molecule has 0 spiro atoms. The molecule has 4 heteroatoms. The third-order valence-corrected chi connectivity index (χ3v) is 3.63. The molecule has 0 aliphatic carbocycles. The van der Waals surface area contributed by atoms with Crippen LogP contribution >= 0.6 is 0 Å². The number of carboxylic acid groups (broad SMARTS) is 1. The number of rotatable bonds is 7. The maximum atomic E-state index is 11.7. The summed E-state index contributed by atoms with van der Waals surface area (Å²) in [6.45, 7) is 3.79. The summed E-state index contributed by atoms with van der Waals surface area (Å²) in [5.74, 6) is -1.14. The Labute approximate surface area is 119 Å². The van der Waals surface area contributed by atoms with Gasteiger partial charge < -0.3 is 10.4 Å². The summed E-state index contributed by atoms with van der Waals surface area (Å²) in [7, 11) is 0. The molecular weight excluding hydrogens is 254 g/mol. The topological polar surface area (TPSA) is 66.4 Å². The van der Waals surface area contributed by atoms with Crippen molar-refractivity contribution in [2.45, 2.75) is 26.7 Å². The standard InChI is InChI=1S/C16H21NO3/c1-3-16(4-2,15(19)20)12-17-14(18)11-10-13-8-6-5-7-9-13/h5-11H,3-4,12H2,1-2H3,(H,17,18)(H,19,20)/b11-10+. The Morgan fingerprint density at radius 3 is 2.30 bits per heavy atom. The predicted molar refractivity (Wildman–Crippen MR) is 79.1 cm³/mol. The Bertz CT molecular complexity index is 476. The van der Waals surface area contributed by atoms with Crippen molar-refractivity contribution in [3.8, 4) is 0 Å². The van der Waals surface area contributed by atoms with E-state index in [0.29, 0.717) is 12.8 Å². The second kappa shape index (κ2) is 7.48. The van der Waals surface area contributed by atoms with Crippen molar-refractivity contribution in [2.24, 2.45) is 5.41 Å². The van der Waals surface area contributed by atoms with E-state index in [2.05, 4.69) is 5.32 Å². The van der Waals surface area contributed by atoms with Crippen LogP contribution in [0.2, 0.25) is 0 Å². The molecule has 1 amide bonds. The average Bonchev–Trinajstić information content (AvgIpc) is 2.47. The third kappa shape index (κ3) is 4.23. The lowest BCUT2D eigenvalue weighted by Gasteiger charge is -2.26. The van der Waals surface area contributed by atoms with Crippen LogP contribution in [0, 0.1) is 5.41 Å². The fourth-order valence-electron chi connectivity index (χ4n) is 1.93. The van der Waals surface area contributed by atoms with Crippen LogP contribution in [0.25, 0.3) is 6.08 Å². The van der Waals surface area contributed by atoms with Crippen LogP contribution in [-0.2, 0) is 9.59 Å². The van der Waals surface area contributed by atoms with Crippen molar-refractivity contribution in [2.75, 3.05) is 6.54 Å². The lowest BCUT2D eigenvalue weighted by atomic mass is 9.82. The molecule has 1 rings (SSSR count). The van der Waals surface area contributed by atoms with Crippen LogP contribution in [0.5, 0.6) is 0 Å². The lowest BCUT2D eigenvalue weighted by Crippen LogP contribution is -2.41. The van der Waals surface area contributed by atoms with E-state index in [1.807, 2.05) is 44.2 Å². The van der Waals surface area contributed by atoms with E-state index in [9.17, 15) is 14.7 Å². The Hall–Kier alpha value is -2.10. The highest BCUT2D eigenvalue weighted by Gasteiger charge is 2.34. The van der Waals surface area contributed by atoms with E-state index in [4.69, 9.17) is 0 Å². The van der Waals surface area contributed by atoms with Gasteiger partial charge in [-0.05, 0) is 24.5 Å². The van der Waals surface area contributed by atoms with Crippen LogP contribution in [0.3, 0.4) is 0 Å². The number of carboxylic acids is 1. The molecule has 0 fully saturated rings. The van der Waals surface area contributed by atoms with Crippen molar-refractivity contribution in [3.05, 3.63) is 42.0 Å². The molecule has 1 aromatic rings. The molecule has 1 aromatic carbocycles. The molecule has 0 heterocycles. The van der Waals surface area contributed by atoms with E-state index in [-0.39, 0.29) is 12.5 Å². The summed E-state index contributed by atoms with van der Waals surface area (Å²) in [6.07, 6.45) is 4.10. The first-order chi connectivity index (χ1) is 9.54. The van der Waals surface area contributed by atoms with E-state index < -0.39 is 11.4 Å². The van der Waals surface area contributed by atoms with E-state index >= 15 is 0 Å². The highest BCUT2D eigenvalue weighted by atomic mass is 16.4. The first-order valence-corrected chi connectivity index (χ1v) is 6.78. The normalized spacial score (nSPS) is 11.5. The molecule has 2 N–H and O–H groups in total. The SMILES string of the molecule is CCC(CC)(CNC(=O)/C=C/c1ccccc1)C(=O)O. The Kier molecular flexibility index (Phi) is 5.97. The molecular formula is C16H21NO3. The number of aliphatic carboxylic acids is 1. The predicted octanol–water partition coefficient (Wildman–Crippen LogP) is 2.71. The Morgan fingerprint density at radius 1 is 1.20 bits per heavy atom. The number of benzene rings is 1. The minimum Gasteiger partial charge on any atom is -0.481 e. The van der Waals surface area contributed by atoms with Crippen LogP contribution in [0.15, 0.2) is 36.4 Å². The molecule has 0 radical (unpaired) electrons. The van der Waals surface area contributed by atoms with Crippen molar-refractivity contribution in [3.63, 3.8) is 0 Å². The molecule has 0 saturated heterocycles. The van der Waals surface area contributed by atoms with Gasteiger partial charge in [0.2, 0.25) is 5.91 Å². The van der Waals surface area contributed by atoms with Gasteiger partial charge in [-0.1, -0.05) is 44.2 Å². The van der Waals surface area contributed by atoms with Crippen LogP contribution in [0.4, 0.5) is 0 Å². The second-order valence-corrected chi connectivity index (χ2v) is 4.75. The summed E-state index contributed by atoms with van der Waals surface area (Å²) in [4.78, 5) is 23.0. The number of carbonyl (C=O) groups is 2. The zero-order valence-corrected chi connectivity index (χ0v) is 11.9. The second-order valence-electron chi connectivity index (χ2n) is 4.75. The van der Waals surface area contributed by atoms with E-state index in [0.717, 1.165) is 5.56 Å². The Balaban J connectivity index is 2.59. The minimum absolute atomic E-state index is 0.146. The van der Waals surface area contributed by atoms with Gasteiger partial charge in [-0.15, -0.1) is 0 Å². The van der Waals surface area contributed by atoms with Gasteiger partial charge in [0.1, 0.15) is 0 Å². The fourth-order valence-corrected chi connectivity index (χ4v) is 1.93. The first kappa shape index (κ1) is 16.0. The van der Waals surface area contributed by atoms with Gasteiger partial charge in [-0.2, -0.15) is 0 Å². The van der Waals surface area contributed by atoms with Crippen LogP contribution in [-0.4, -0.2) is 23.5 Å². The van der Waals surface area contributed by atoms with Crippen molar-refractivity contribution in [1.82, 2.24) is 5.32 Å². The zero-order chi connectivity index (χ0) is 15.0. The molecule has 0 aromatic heterocycles. The number of amides is 1. The van der Waals surface area contributed by atoms with Gasteiger partial charge in [0.15, 0.2) is 0 Å². The number of nitrogens with one attached hydrogen (secondary N) is 1. The highest BCUT2D eigenvalue weighted by Crippen LogP contribution is 2.25. The lowest BCUT2D eigenvalue weighted by molar-refractivity contribution is -0.149. The first-order valence-electron chi connectivity index (χ1n) is 6.78. The summed E-state index contributed by atoms with van der Waals surface area (Å²) in [6, 6.07) is 9.47. The highest BCUT2D eigenvalue weighted by molar-refractivity contribution is 5.92. The maximum absolute atomic E-state index is 11.7. The monoisotopic (exact) mass is 275 g/mol. The largest absolute Gasteiger partial charge is 0.481 e. The number of hydrogen-bond acceptors (Lipinski definition) is 2. The molecule has 0 aliphatic rings. The molecule has 0 saturated carbocycles. The summed E-state index contributed by atoms with van der Waals surface area (Å²) < 4.78 is 0. The molecule has 108 valence electrons. The van der Waals surface area contributed by atoms with Gasteiger partial charge in [-0.3, -0.25) is 9.59 Å². The zero-order valence-electron chi connectivity index (χ0n) is 11.9. The smallest absolute Gasteiger partial charge is 0.311 e. The Morgan fingerprint density at radius 2 is 1.80 bits per heavy atom. The fraction of sp³-hybridized carbons (Fsp3) is 0.375. The molecule has 4 nitrogen and oxygen atoms in total. The summed E-state index contributed by atoms with van der Waals surface area (Å²) in [5, 5.41) is 11.9. The number of carbonyl (C=O) groups excluding carboxylic acids is 1. The van der Waals surface area contributed by atoms with Gasteiger partial charge in [-0.25, -0.2) is 0 Å². The molecule has 0 atom stereocenters. The van der Waals surface area contributed by atoms with Gasteiger partial charge in [0, 0.05) is 12.6 Å². The van der Waals surface area contributed by atoms with Crippen molar-refractivity contribution in [1.29, 1.82) is 0 Å². The third-order valence-electron chi connectivity index (χ3n) is 3.63. The minimum atomic E-state index is -0.879. The van der Waals surface area contributed by atoms with Crippen molar-refractivity contribution < 1.29 is 14.7 Å². The van der Waals surface area contributed by atoms with Gasteiger partial charge >= 0.3 is 5.97 Å². The molecule has 0 unspecified atom stereocenters. The molecule has 20 heavy (non-hydrogen) atoms. The van der Waals surface area contributed by atoms with Crippen LogP contribution < -0.4 is 5.32 Å². The van der Waals surface area contributed by atoms with E-state index in [1.165, 1.54) is 6.08 Å². The summed E-state index contributed by atoms with van der Waals surface area (Å²) in [5.41, 5.74) is 0.0501. The summed E-state index contributed by atoms with van der Waals surface area (Å²) >= 11 is 0.